The third kappa shape index (κ3) is 1.77. The van der Waals surface area contributed by atoms with Crippen LogP contribution in [-0.4, -0.2) is 20.6 Å². The molecule has 0 spiro atoms. The average molecular weight is 266 g/mol. The first kappa shape index (κ1) is 12.4. The number of aromatic carboxylic acids is 1. The number of imidazole rings is 1. The van der Waals surface area contributed by atoms with E-state index in [-0.39, 0.29) is 5.56 Å². The Morgan fingerprint density at radius 1 is 1.10 bits per heavy atom. The van der Waals surface area contributed by atoms with Crippen LogP contribution in [0.25, 0.3) is 16.7 Å². The molecule has 100 valence electrons. The first-order chi connectivity index (χ1) is 9.59. The van der Waals surface area contributed by atoms with Crippen molar-refractivity contribution in [3.8, 4) is 5.69 Å². The van der Waals surface area contributed by atoms with Crippen molar-refractivity contribution in [2.75, 3.05) is 0 Å². The van der Waals surface area contributed by atoms with Crippen molar-refractivity contribution >= 4 is 17.0 Å². The van der Waals surface area contributed by atoms with Crippen molar-refractivity contribution in [3.05, 3.63) is 59.4 Å². The van der Waals surface area contributed by atoms with Gasteiger partial charge in [-0.2, -0.15) is 0 Å². The molecule has 0 bridgehead atoms. The summed E-state index contributed by atoms with van der Waals surface area (Å²) in [5.41, 5.74) is 3.72. The Morgan fingerprint density at radius 2 is 1.85 bits per heavy atom. The molecular formula is C16H14N2O2. The van der Waals surface area contributed by atoms with Crippen molar-refractivity contribution in [1.82, 2.24) is 9.55 Å². The first-order valence-electron chi connectivity index (χ1n) is 6.37. The maximum atomic E-state index is 11.3. The van der Waals surface area contributed by atoms with Gasteiger partial charge in [-0.1, -0.05) is 24.3 Å². The lowest BCUT2D eigenvalue weighted by Crippen LogP contribution is -2.00. The summed E-state index contributed by atoms with van der Waals surface area (Å²) in [6, 6.07) is 13.2. The topological polar surface area (TPSA) is 55.1 Å². The van der Waals surface area contributed by atoms with Crippen molar-refractivity contribution in [3.63, 3.8) is 0 Å². The molecule has 0 radical (unpaired) electrons. The minimum atomic E-state index is -0.954. The van der Waals surface area contributed by atoms with E-state index in [2.05, 4.69) is 4.98 Å². The van der Waals surface area contributed by atoms with Crippen LogP contribution in [0, 0.1) is 13.8 Å². The summed E-state index contributed by atoms with van der Waals surface area (Å²) in [6.07, 6.45) is 0. The third-order valence-corrected chi connectivity index (χ3v) is 3.44. The Bertz CT molecular complexity index is 818. The molecule has 0 fully saturated rings. The van der Waals surface area contributed by atoms with Crippen LogP contribution in [0.1, 0.15) is 21.7 Å². The molecular weight excluding hydrogens is 252 g/mol. The van der Waals surface area contributed by atoms with E-state index in [1.165, 1.54) is 0 Å². The maximum Gasteiger partial charge on any atom is 0.337 e. The lowest BCUT2D eigenvalue weighted by atomic mass is 10.1. The molecule has 0 saturated heterocycles. The zero-order valence-electron chi connectivity index (χ0n) is 11.3. The summed E-state index contributed by atoms with van der Waals surface area (Å²) in [4.78, 5) is 15.7. The molecule has 4 nitrogen and oxygen atoms in total. The molecule has 1 N–H and O–H groups in total. The number of hydrogen-bond donors (Lipinski definition) is 1. The predicted molar refractivity (Wildman–Crippen MR) is 77.5 cm³/mol. The highest BCUT2D eigenvalue weighted by molar-refractivity contribution is 6.01. The number of carboxylic acids is 1. The second-order valence-electron chi connectivity index (χ2n) is 4.76. The zero-order chi connectivity index (χ0) is 14.3. The number of carbonyl (C=O) groups is 1. The summed E-state index contributed by atoms with van der Waals surface area (Å²) in [6.45, 7) is 3.92. The number of para-hydroxylation sites is 2. The van der Waals surface area contributed by atoms with E-state index in [4.69, 9.17) is 0 Å². The molecule has 4 heteroatoms. The van der Waals surface area contributed by atoms with Crippen LogP contribution in [0.2, 0.25) is 0 Å². The zero-order valence-corrected chi connectivity index (χ0v) is 11.3. The highest BCUT2D eigenvalue weighted by Gasteiger charge is 2.16. The number of nitrogens with zero attached hydrogens (tertiary/aromatic N) is 2. The predicted octanol–water partition coefficient (Wildman–Crippen LogP) is 3.34. The van der Waals surface area contributed by atoms with E-state index in [0.29, 0.717) is 5.52 Å². The fourth-order valence-corrected chi connectivity index (χ4v) is 2.51. The summed E-state index contributed by atoms with van der Waals surface area (Å²) in [7, 11) is 0. The molecule has 1 aromatic heterocycles. The van der Waals surface area contributed by atoms with Crippen LogP contribution in [-0.2, 0) is 0 Å². The first-order valence-corrected chi connectivity index (χ1v) is 6.37. The Hall–Kier alpha value is -2.62. The van der Waals surface area contributed by atoms with Gasteiger partial charge in [0.1, 0.15) is 11.3 Å². The normalized spacial score (nSPS) is 10.9. The van der Waals surface area contributed by atoms with Crippen LogP contribution in [0.3, 0.4) is 0 Å². The maximum absolute atomic E-state index is 11.3. The minimum absolute atomic E-state index is 0.234. The van der Waals surface area contributed by atoms with Crippen molar-refractivity contribution in [2.24, 2.45) is 0 Å². The van der Waals surface area contributed by atoms with E-state index < -0.39 is 5.97 Å². The number of carboxylic acid groups (broad SMARTS) is 1. The van der Waals surface area contributed by atoms with Gasteiger partial charge in [-0.25, -0.2) is 9.78 Å². The lowest BCUT2D eigenvalue weighted by molar-refractivity contribution is 0.0699. The number of rotatable bonds is 2. The summed E-state index contributed by atoms with van der Waals surface area (Å²) < 4.78 is 2.00. The SMILES string of the molecule is Cc1ccccc1-n1c(C)nc2c(C(=O)O)cccc21. The quantitative estimate of drug-likeness (QED) is 0.774. The van der Waals surface area contributed by atoms with Crippen LogP contribution >= 0.6 is 0 Å². The molecule has 0 aliphatic carbocycles. The van der Waals surface area contributed by atoms with E-state index in [9.17, 15) is 9.90 Å². The molecule has 0 aliphatic rings. The second-order valence-corrected chi connectivity index (χ2v) is 4.76. The number of aryl methyl sites for hydroxylation is 2. The summed E-state index contributed by atoms with van der Waals surface area (Å²) in [5.74, 6) is -0.173. The van der Waals surface area contributed by atoms with Crippen molar-refractivity contribution < 1.29 is 9.90 Å². The van der Waals surface area contributed by atoms with Gasteiger partial charge in [0.25, 0.3) is 0 Å². The van der Waals surface area contributed by atoms with Crippen molar-refractivity contribution in [1.29, 1.82) is 0 Å². The van der Waals surface area contributed by atoms with Gasteiger partial charge in [-0.05, 0) is 37.6 Å². The Kier molecular flexibility index (Phi) is 2.79. The van der Waals surface area contributed by atoms with Gasteiger partial charge in [0.15, 0.2) is 0 Å². The summed E-state index contributed by atoms with van der Waals surface area (Å²) >= 11 is 0. The number of hydrogen-bond acceptors (Lipinski definition) is 2. The molecule has 3 aromatic rings. The molecule has 20 heavy (non-hydrogen) atoms. The molecule has 0 atom stereocenters. The third-order valence-electron chi connectivity index (χ3n) is 3.44. The van der Waals surface area contributed by atoms with Gasteiger partial charge in [-0.15, -0.1) is 0 Å². The standard InChI is InChI=1S/C16H14N2O2/c1-10-6-3-4-8-13(10)18-11(2)17-15-12(16(19)20)7-5-9-14(15)18/h3-9H,1-2H3,(H,19,20). The number of fused-ring (bicyclic) bond motifs is 1. The smallest absolute Gasteiger partial charge is 0.337 e. The highest BCUT2D eigenvalue weighted by atomic mass is 16.4. The fraction of sp³-hybridized carbons (Fsp3) is 0.125. The van der Waals surface area contributed by atoms with Gasteiger partial charge in [0, 0.05) is 0 Å². The molecule has 0 amide bonds. The van der Waals surface area contributed by atoms with E-state index >= 15 is 0 Å². The fourth-order valence-electron chi connectivity index (χ4n) is 2.51. The molecule has 1 heterocycles. The monoisotopic (exact) mass is 266 g/mol. The Labute approximate surface area is 116 Å². The average Bonchev–Trinajstić information content (AvgIpc) is 2.75. The van der Waals surface area contributed by atoms with Gasteiger partial charge in [-0.3, -0.25) is 4.57 Å². The van der Waals surface area contributed by atoms with Gasteiger partial charge in [0.05, 0.1) is 16.8 Å². The van der Waals surface area contributed by atoms with Crippen LogP contribution in [0.15, 0.2) is 42.5 Å². The molecule has 0 unspecified atom stereocenters. The molecule has 2 aromatic carbocycles. The van der Waals surface area contributed by atoms with E-state index in [1.54, 1.807) is 12.1 Å². The van der Waals surface area contributed by atoms with Crippen molar-refractivity contribution in [2.45, 2.75) is 13.8 Å². The van der Waals surface area contributed by atoms with Gasteiger partial charge >= 0.3 is 5.97 Å². The highest BCUT2D eigenvalue weighted by Crippen LogP contribution is 2.25. The second kappa shape index (κ2) is 4.49. The van der Waals surface area contributed by atoms with E-state index in [0.717, 1.165) is 22.6 Å². The Morgan fingerprint density at radius 3 is 2.55 bits per heavy atom. The number of aromatic nitrogens is 2. The van der Waals surface area contributed by atoms with E-state index in [1.807, 2.05) is 48.7 Å². The molecule has 3 rings (SSSR count). The van der Waals surface area contributed by atoms with Crippen LogP contribution in [0.4, 0.5) is 0 Å². The Balaban J connectivity index is 2.38. The van der Waals surface area contributed by atoms with Gasteiger partial charge < -0.3 is 5.11 Å². The minimum Gasteiger partial charge on any atom is -0.478 e. The van der Waals surface area contributed by atoms with Crippen LogP contribution in [0.5, 0.6) is 0 Å². The molecule has 0 saturated carbocycles. The van der Waals surface area contributed by atoms with Gasteiger partial charge in [0.2, 0.25) is 0 Å². The lowest BCUT2D eigenvalue weighted by Gasteiger charge is -2.10. The number of benzene rings is 2. The largest absolute Gasteiger partial charge is 0.478 e. The molecule has 0 aliphatic heterocycles. The summed E-state index contributed by atoms with van der Waals surface area (Å²) in [5, 5.41) is 9.26. The van der Waals surface area contributed by atoms with Crippen LogP contribution < -0.4 is 0 Å².